The third-order valence-corrected chi connectivity index (χ3v) is 2.85. The molecule has 1 aromatic carbocycles. The fourth-order valence-corrected chi connectivity index (χ4v) is 2.15. The number of aliphatic carboxylic acids is 1. The Kier molecular flexibility index (Phi) is 4.75. The maximum absolute atomic E-state index is 13.3. The zero-order valence-corrected chi connectivity index (χ0v) is 11.7. The van der Waals surface area contributed by atoms with Gasteiger partial charge in [-0.1, -0.05) is 13.8 Å². The first-order valence-corrected chi connectivity index (χ1v) is 6.01. The Balaban J connectivity index is 2.91. The van der Waals surface area contributed by atoms with Crippen molar-refractivity contribution in [3.05, 3.63) is 24.0 Å². The van der Waals surface area contributed by atoms with Crippen molar-refractivity contribution < 1.29 is 19.0 Å². The first-order valence-electron chi connectivity index (χ1n) is 6.01. The Labute approximate surface area is 112 Å². The lowest BCUT2D eigenvalue weighted by atomic mass is 9.88. The predicted octanol–water partition coefficient (Wildman–Crippen LogP) is 2.77. The molecule has 5 heteroatoms. The van der Waals surface area contributed by atoms with Gasteiger partial charge in [0.1, 0.15) is 11.6 Å². The average Bonchev–Trinajstić information content (AvgIpc) is 2.26. The number of carboxylic acids is 1. The molecule has 0 radical (unpaired) electrons. The lowest BCUT2D eigenvalue weighted by Crippen LogP contribution is -2.33. The molecule has 1 N–H and O–H groups in total. The van der Waals surface area contributed by atoms with E-state index in [9.17, 15) is 9.18 Å². The molecule has 0 saturated carbocycles. The minimum absolute atomic E-state index is 0.0506. The molecular weight excluding hydrogens is 249 g/mol. The maximum Gasteiger partial charge on any atom is 0.303 e. The van der Waals surface area contributed by atoms with Gasteiger partial charge in [-0.3, -0.25) is 4.79 Å². The standard InChI is InChI=1S/C14H20FNO3/c1-14(2,8-13(17)18)9-16(3)11-7-10(15)5-6-12(11)19-4/h5-7H,8-9H2,1-4H3,(H,17,18). The topological polar surface area (TPSA) is 49.8 Å². The van der Waals surface area contributed by atoms with Crippen LogP contribution in [0.25, 0.3) is 0 Å². The number of nitrogens with zero attached hydrogens (tertiary/aromatic N) is 1. The lowest BCUT2D eigenvalue weighted by Gasteiger charge is -2.31. The van der Waals surface area contributed by atoms with Gasteiger partial charge >= 0.3 is 5.97 Å². The molecule has 0 bridgehead atoms. The van der Waals surface area contributed by atoms with Crippen molar-refractivity contribution >= 4 is 11.7 Å². The molecule has 1 rings (SSSR count). The van der Waals surface area contributed by atoms with Crippen LogP contribution in [-0.4, -0.2) is 31.8 Å². The normalized spacial score (nSPS) is 11.2. The molecule has 0 spiro atoms. The zero-order chi connectivity index (χ0) is 14.6. The van der Waals surface area contributed by atoms with E-state index in [2.05, 4.69) is 0 Å². The first-order chi connectivity index (χ1) is 8.75. The van der Waals surface area contributed by atoms with Crippen LogP contribution in [0.1, 0.15) is 20.3 Å². The number of carbonyl (C=O) groups is 1. The van der Waals surface area contributed by atoms with Crippen molar-refractivity contribution in [2.45, 2.75) is 20.3 Å². The highest BCUT2D eigenvalue weighted by atomic mass is 19.1. The van der Waals surface area contributed by atoms with Crippen LogP contribution in [0, 0.1) is 11.2 Å². The van der Waals surface area contributed by atoms with E-state index >= 15 is 0 Å². The number of methoxy groups -OCH3 is 1. The van der Waals surface area contributed by atoms with Gasteiger partial charge in [0.15, 0.2) is 0 Å². The lowest BCUT2D eigenvalue weighted by molar-refractivity contribution is -0.139. The summed E-state index contributed by atoms with van der Waals surface area (Å²) in [5.74, 6) is -0.627. The van der Waals surface area contributed by atoms with Gasteiger partial charge in [0, 0.05) is 19.7 Å². The minimum Gasteiger partial charge on any atom is -0.495 e. The molecule has 0 fully saturated rings. The molecule has 1 aromatic rings. The molecule has 0 aliphatic rings. The minimum atomic E-state index is -0.843. The summed E-state index contributed by atoms with van der Waals surface area (Å²) >= 11 is 0. The van der Waals surface area contributed by atoms with Crippen molar-refractivity contribution in [2.75, 3.05) is 25.6 Å². The van der Waals surface area contributed by atoms with Crippen LogP contribution in [0.5, 0.6) is 5.75 Å². The van der Waals surface area contributed by atoms with Crippen molar-refractivity contribution in [1.82, 2.24) is 0 Å². The number of hydrogen-bond donors (Lipinski definition) is 1. The fraction of sp³-hybridized carbons (Fsp3) is 0.500. The molecule has 0 aliphatic heterocycles. The largest absolute Gasteiger partial charge is 0.495 e. The Morgan fingerprint density at radius 3 is 2.63 bits per heavy atom. The van der Waals surface area contributed by atoms with E-state index in [1.807, 2.05) is 18.7 Å². The number of anilines is 1. The van der Waals surface area contributed by atoms with Gasteiger partial charge in [0.05, 0.1) is 19.2 Å². The van der Waals surface area contributed by atoms with Gasteiger partial charge < -0.3 is 14.7 Å². The van der Waals surface area contributed by atoms with E-state index in [0.717, 1.165) is 0 Å². The fourth-order valence-electron chi connectivity index (χ4n) is 2.15. The third-order valence-electron chi connectivity index (χ3n) is 2.85. The van der Waals surface area contributed by atoms with E-state index in [0.29, 0.717) is 18.0 Å². The Morgan fingerprint density at radius 1 is 1.47 bits per heavy atom. The number of rotatable bonds is 6. The molecule has 0 aromatic heterocycles. The van der Waals surface area contributed by atoms with Crippen LogP contribution >= 0.6 is 0 Å². The van der Waals surface area contributed by atoms with E-state index in [1.165, 1.54) is 19.2 Å². The summed E-state index contributed by atoms with van der Waals surface area (Å²) < 4.78 is 18.5. The molecule has 0 atom stereocenters. The highest BCUT2D eigenvalue weighted by molar-refractivity contribution is 5.68. The first kappa shape index (κ1) is 15.3. The Bertz CT molecular complexity index is 460. The highest BCUT2D eigenvalue weighted by Gasteiger charge is 2.25. The predicted molar refractivity (Wildman–Crippen MR) is 72.3 cm³/mol. The molecule has 19 heavy (non-hydrogen) atoms. The van der Waals surface area contributed by atoms with Crippen molar-refractivity contribution in [3.63, 3.8) is 0 Å². The quantitative estimate of drug-likeness (QED) is 0.862. The van der Waals surface area contributed by atoms with Crippen LogP contribution in [-0.2, 0) is 4.79 Å². The van der Waals surface area contributed by atoms with Gasteiger partial charge in [-0.2, -0.15) is 0 Å². The number of halogens is 1. The third kappa shape index (κ3) is 4.43. The van der Waals surface area contributed by atoms with Crippen LogP contribution in [0.3, 0.4) is 0 Å². The summed E-state index contributed by atoms with van der Waals surface area (Å²) in [7, 11) is 3.31. The number of benzene rings is 1. The summed E-state index contributed by atoms with van der Waals surface area (Å²) in [5.41, 5.74) is 0.193. The Hall–Kier alpha value is -1.78. The average molecular weight is 269 g/mol. The number of carboxylic acid groups (broad SMARTS) is 1. The van der Waals surface area contributed by atoms with E-state index in [4.69, 9.17) is 9.84 Å². The smallest absolute Gasteiger partial charge is 0.303 e. The van der Waals surface area contributed by atoms with Crippen LogP contribution < -0.4 is 9.64 Å². The second-order valence-electron chi connectivity index (χ2n) is 5.41. The van der Waals surface area contributed by atoms with Gasteiger partial charge in [-0.25, -0.2) is 4.39 Å². The van der Waals surface area contributed by atoms with E-state index < -0.39 is 11.4 Å². The molecule has 0 amide bonds. The molecule has 0 aliphatic carbocycles. The molecule has 0 unspecified atom stereocenters. The van der Waals surface area contributed by atoms with E-state index in [-0.39, 0.29) is 12.2 Å². The van der Waals surface area contributed by atoms with Gasteiger partial charge in [0.25, 0.3) is 0 Å². The number of hydrogen-bond acceptors (Lipinski definition) is 3. The van der Waals surface area contributed by atoms with Crippen molar-refractivity contribution in [1.29, 1.82) is 0 Å². The van der Waals surface area contributed by atoms with Crippen LogP contribution in [0.2, 0.25) is 0 Å². The monoisotopic (exact) mass is 269 g/mol. The summed E-state index contributed by atoms with van der Waals surface area (Å²) in [6.07, 6.45) is 0.0506. The van der Waals surface area contributed by atoms with Gasteiger partial charge in [0.2, 0.25) is 0 Å². The van der Waals surface area contributed by atoms with Gasteiger partial charge in [-0.05, 0) is 17.5 Å². The van der Waals surface area contributed by atoms with Gasteiger partial charge in [-0.15, -0.1) is 0 Å². The molecule has 4 nitrogen and oxygen atoms in total. The zero-order valence-electron chi connectivity index (χ0n) is 11.7. The SMILES string of the molecule is COc1ccc(F)cc1N(C)CC(C)(C)CC(=O)O. The summed E-state index contributed by atoms with van der Waals surface area (Å²) in [4.78, 5) is 12.6. The summed E-state index contributed by atoms with van der Waals surface area (Å²) in [5, 5.41) is 8.87. The van der Waals surface area contributed by atoms with Crippen molar-refractivity contribution in [3.8, 4) is 5.75 Å². The summed E-state index contributed by atoms with van der Waals surface area (Å²) in [6, 6.07) is 4.28. The maximum atomic E-state index is 13.3. The second-order valence-corrected chi connectivity index (χ2v) is 5.41. The second kappa shape index (κ2) is 5.91. The molecule has 0 heterocycles. The van der Waals surface area contributed by atoms with Crippen molar-refractivity contribution in [2.24, 2.45) is 5.41 Å². The van der Waals surface area contributed by atoms with E-state index in [1.54, 1.807) is 13.1 Å². The number of ether oxygens (including phenoxy) is 1. The summed E-state index contributed by atoms with van der Waals surface area (Å²) in [6.45, 7) is 4.21. The molecule has 106 valence electrons. The Morgan fingerprint density at radius 2 is 2.11 bits per heavy atom. The van der Waals surface area contributed by atoms with Crippen LogP contribution in [0.4, 0.5) is 10.1 Å². The molecule has 0 saturated heterocycles. The van der Waals surface area contributed by atoms with Crippen LogP contribution in [0.15, 0.2) is 18.2 Å². The molecular formula is C14H20FNO3. The highest BCUT2D eigenvalue weighted by Crippen LogP contribution is 2.31.